The van der Waals surface area contributed by atoms with Gasteiger partial charge in [0.25, 0.3) is 0 Å². The average molecular weight is 307 g/mol. The Hall–Kier alpha value is -1.13. The lowest BCUT2D eigenvalue weighted by molar-refractivity contribution is 0.0146. The summed E-state index contributed by atoms with van der Waals surface area (Å²) in [6.07, 6.45) is 6.37. The van der Waals surface area contributed by atoms with Gasteiger partial charge in [-0.15, -0.1) is 0 Å². The molecule has 21 heavy (non-hydrogen) atoms. The van der Waals surface area contributed by atoms with Crippen LogP contribution in [0.1, 0.15) is 44.6 Å². The van der Waals surface area contributed by atoms with E-state index in [0.717, 1.165) is 30.3 Å². The predicted octanol–water partition coefficient (Wildman–Crippen LogP) is 3.69. The Balaban J connectivity index is 1.61. The average Bonchev–Trinajstić information content (AvgIpc) is 2.49. The molecule has 1 saturated carbocycles. The highest BCUT2D eigenvalue weighted by Crippen LogP contribution is 2.25. The molecule has 116 valence electrons. The molecular weight excluding hydrogens is 282 g/mol. The van der Waals surface area contributed by atoms with Crippen LogP contribution in [0.2, 0.25) is 0 Å². The monoisotopic (exact) mass is 307 g/mol. The lowest BCUT2D eigenvalue weighted by atomic mass is 9.89. The van der Waals surface area contributed by atoms with Crippen molar-refractivity contribution in [1.29, 1.82) is 0 Å². The molecule has 4 heteroatoms. The van der Waals surface area contributed by atoms with Crippen molar-refractivity contribution in [3.8, 4) is 5.75 Å². The molecular formula is C17H25NO2S. The second-order valence-corrected chi connectivity index (χ2v) is 6.29. The molecule has 1 aromatic carbocycles. The predicted molar refractivity (Wildman–Crippen MR) is 89.8 cm³/mol. The molecule has 3 nitrogen and oxygen atoms in total. The summed E-state index contributed by atoms with van der Waals surface area (Å²) in [5, 5.41) is 0. The number of nitrogens with two attached hydrogens (primary N) is 1. The Kier molecular flexibility index (Phi) is 6.46. The maximum Gasteiger partial charge on any atom is 0.119 e. The second-order valence-electron chi connectivity index (χ2n) is 5.85. The summed E-state index contributed by atoms with van der Waals surface area (Å²) in [5.41, 5.74) is 6.45. The van der Waals surface area contributed by atoms with Crippen molar-refractivity contribution >= 4 is 17.2 Å². The minimum Gasteiger partial charge on any atom is -0.493 e. The van der Waals surface area contributed by atoms with Crippen LogP contribution in [-0.2, 0) is 4.74 Å². The summed E-state index contributed by atoms with van der Waals surface area (Å²) in [4.78, 5) is 0.398. The van der Waals surface area contributed by atoms with E-state index in [2.05, 4.69) is 6.92 Å². The van der Waals surface area contributed by atoms with E-state index in [1.165, 1.54) is 25.7 Å². The maximum absolute atomic E-state index is 5.91. The van der Waals surface area contributed by atoms with Crippen LogP contribution in [0.3, 0.4) is 0 Å². The maximum atomic E-state index is 5.91. The summed E-state index contributed by atoms with van der Waals surface area (Å²) in [6.45, 7) is 3.75. The number of hydrogen-bond donors (Lipinski definition) is 1. The van der Waals surface area contributed by atoms with Crippen LogP contribution in [-0.4, -0.2) is 24.3 Å². The first kappa shape index (κ1) is 16.2. The number of thiocarbonyl (C=S) groups is 1. The van der Waals surface area contributed by atoms with Gasteiger partial charge in [0.1, 0.15) is 10.7 Å². The molecule has 0 saturated heterocycles. The van der Waals surface area contributed by atoms with Crippen molar-refractivity contribution < 1.29 is 9.47 Å². The minimum atomic E-state index is 0.398. The molecule has 0 heterocycles. The third-order valence-electron chi connectivity index (χ3n) is 3.99. The van der Waals surface area contributed by atoms with Crippen LogP contribution < -0.4 is 10.5 Å². The van der Waals surface area contributed by atoms with E-state index < -0.39 is 0 Å². The highest BCUT2D eigenvalue weighted by molar-refractivity contribution is 7.80. The summed E-state index contributed by atoms with van der Waals surface area (Å²) < 4.78 is 11.6. The van der Waals surface area contributed by atoms with Gasteiger partial charge >= 0.3 is 0 Å². The van der Waals surface area contributed by atoms with Crippen LogP contribution in [0.5, 0.6) is 5.75 Å². The van der Waals surface area contributed by atoms with E-state index in [-0.39, 0.29) is 0 Å². The molecule has 0 aliphatic heterocycles. The Bertz CT molecular complexity index is 456. The van der Waals surface area contributed by atoms with Crippen LogP contribution in [0.4, 0.5) is 0 Å². The fraction of sp³-hybridized carbons (Fsp3) is 0.588. The number of hydrogen-bond acceptors (Lipinski definition) is 3. The van der Waals surface area contributed by atoms with Crippen LogP contribution in [0.15, 0.2) is 24.3 Å². The van der Waals surface area contributed by atoms with Gasteiger partial charge in [-0.05, 0) is 43.7 Å². The van der Waals surface area contributed by atoms with E-state index in [9.17, 15) is 0 Å². The highest BCUT2D eigenvalue weighted by Gasteiger charge is 2.18. The zero-order valence-corrected chi connectivity index (χ0v) is 13.5. The molecule has 0 atom stereocenters. The van der Waals surface area contributed by atoms with Crippen LogP contribution in [0, 0.1) is 5.92 Å². The van der Waals surface area contributed by atoms with E-state index in [4.69, 9.17) is 27.4 Å². The fourth-order valence-corrected chi connectivity index (χ4v) is 2.76. The van der Waals surface area contributed by atoms with Crippen LogP contribution >= 0.6 is 12.2 Å². The van der Waals surface area contributed by atoms with Gasteiger partial charge in [0.15, 0.2) is 0 Å². The zero-order chi connectivity index (χ0) is 15.1. The van der Waals surface area contributed by atoms with Gasteiger partial charge in [0, 0.05) is 12.0 Å². The highest BCUT2D eigenvalue weighted by atomic mass is 32.1. The van der Waals surface area contributed by atoms with Gasteiger partial charge in [-0.1, -0.05) is 31.3 Å². The van der Waals surface area contributed by atoms with Gasteiger partial charge in [-0.25, -0.2) is 0 Å². The molecule has 0 amide bonds. The van der Waals surface area contributed by atoms with Crippen molar-refractivity contribution in [2.24, 2.45) is 11.7 Å². The molecule has 0 radical (unpaired) electrons. The van der Waals surface area contributed by atoms with E-state index in [1.807, 2.05) is 24.3 Å². The van der Waals surface area contributed by atoms with Gasteiger partial charge in [0.05, 0.1) is 19.3 Å². The molecule has 0 spiro atoms. The molecule has 1 aliphatic rings. The first-order valence-electron chi connectivity index (χ1n) is 7.79. The van der Waals surface area contributed by atoms with Crippen molar-refractivity contribution in [2.75, 3.05) is 13.2 Å². The molecule has 1 aliphatic carbocycles. The summed E-state index contributed by atoms with van der Waals surface area (Å²) >= 11 is 4.96. The molecule has 0 unspecified atom stereocenters. The number of ether oxygens (including phenoxy) is 2. The zero-order valence-electron chi connectivity index (χ0n) is 12.7. The third kappa shape index (κ3) is 5.64. The molecule has 0 aromatic heterocycles. The van der Waals surface area contributed by atoms with Crippen molar-refractivity contribution in [1.82, 2.24) is 0 Å². The number of rotatable bonds is 7. The summed E-state index contributed by atoms with van der Waals surface area (Å²) in [6, 6.07) is 7.60. The summed E-state index contributed by atoms with van der Waals surface area (Å²) in [5.74, 6) is 1.68. The normalized spacial score (nSPS) is 22.0. The Labute approximate surface area is 132 Å². The second kappa shape index (κ2) is 8.35. The largest absolute Gasteiger partial charge is 0.493 e. The Morgan fingerprint density at radius 2 is 2.00 bits per heavy atom. The van der Waals surface area contributed by atoms with Gasteiger partial charge in [-0.2, -0.15) is 0 Å². The first-order valence-corrected chi connectivity index (χ1v) is 8.20. The lowest BCUT2D eigenvalue weighted by Crippen LogP contribution is -2.21. The molecule has 1 aromatic rings. The summed E-state index contributed by atoms with van der Waals surface area (Å²) in [7, 11) is 0. The van der Waals surface area contributed by atoms with E-state index in [1.54, 1.807) is 0 Å². The Morgan fingerprint density at radius 1 is 1.24 bits per heavy atom. The van der Waals surface area contributed by atoms with Crippen molar-refractivity contribution in [3.05, 3.63) is 29.8 Å². The SMILES string of the molecule is CC1CCC(OCCCOc2cccc(C(N)=S)c2)CC1. The van der Waals surface area contributed by atoms with Gasteiger partial charge in [-0.3, -0.25) is 0 Å². The Morgan fingerprint density at radius 3 is 2.71 bits per heavy atom. The minimum absolute atomic E-state index is 0.398. The quantitative estimate of drug-likeness (QED) is 0.616. The fourth-order valence-electron chi connectivity index (χ4n) is 2.63. The first-order chi connectivity index (χ1) is 10.1. The standard InChI is InChI=1S/C17H25NO2S/c1-13-6-8-15(9-7-13)19-10-3-11-20-16-5-2-4-14(12-16)17(18)21/h2,4-5,12-13,15H,3,6-11H2,1H3,(H2,18,21). The van der Waals surface area contributed by atoms with Crippen molar-refractivity contribution in [3.63, 3.8) is 0 Å². The molecule has 2 rings (SSSR count). The molecule has 0 bridgehead atoms. The number of benzene rings is 1. The van der Waals surface area contributed by atoms with E-state index >= 15 is 0 Å². The van der Waals surface area contributed by atoms with Gasteiger partial charge in [0.2, 0.25) is 0 Å². The lowest BCUT2D eigenvalue weighted by Gasteiger charge is -2.26. The van der Waals surface area contributed by atoms with Gasteiger partial charge < -0.3 is 15.2 Å². The van der Waals surface area contributed by atoms with Crippen molar-refractivity contribution in [2.45, 2.75) is 45.1 Å². The third-order valence-corrected chi connectivity index (χ3v) is 4.23. The van der Waals surface area contributed by atoms with E-state index in [0.29, 0.717) is 17.7 Å². The molecule has 2 N–H and O–H groups in total. The van der Waals surface area contributed by atoms with Crippen LogP contribution in [0.25, 0.3) is 0 Å². The smallest absolute Gasteiger partial charge is 0.119 e. The molecule has 1 fully saturated rings. The topological polar surface area (TPSA) is 44.5 Å².